The minimum absolute atomic E-state index is 0.0448. The van der Waals surface area contributed by atoms with E-state index in [-0.39, 0.29) is 18.4 Å². The Morgan fingerprint density at radius 1 is 0.943 bits per heavy atom. The van der Waals surface area contributed by atoms with Crippen molar-refractivity contribution >= 4 is 34.5 Å². The smallest absolute Gasteiger partial charge is 0.430 e. The number of alkyl halides is 6. The molecule has 0 aliphatic rings. The molecule has 2 aromatic heterocycles. The van der Waals surface area contributed by atoms with Gasteiger partial charge in [0.25, 0.3) is 5.82 Å². The van der Waals surface area contributed by atoms with E-state index in [9.17, 15) is 35.9 Å². The SMILES string of the molecule is CCC(=O)CCCCC[C@H](NC(=O)Cc1c(C)[nH]c2ccc(OC)cc12)c1[nH]c(-c2cccc(C[NH3+])c2)c[nH+]1.O=C([O-])C(F)(F)F.O=C([O-])C(F)(F)F. The van der Waals surface area contributed by atoms with Gasteiger partial charge in [0, 0.05) is 40.6 Å². The van der Waals surface area contributed by atoms with Gasteiger partial charge in [-0.2, -0.15) is 26.3 Å². The zero-order chi connectivity index (χ0) is 39.9. The summed E-state index contributed by atoms with van der Waals surface area (Å²) in [7, 11) is 1.65. The van der Waals surface area contributed by atoms with Gasteiger partial charge in [0.15, 0.2) is 5.69 Å². The summed E-state index contributed by atoms with van der Waals surface area (Å²) < 4.78 is 68.5. The lowest BCUT2D eigenvalue weighted by atomic mass is 10.0. The van der Waals surface area contributed by atoms with Crippen LogP contribution in [0, 0.1) is 6.92 Å². The lowest BCUT2D eigenvalue weighted by Crippen LogP contribution is -2.47. The number of aryl methyl sites for hydroxylation is 1. The van der Waals surface area contributed by atoms with E-state index >= 15 is 0 Å². The van der Waals surface area contributed by atoms with Crippen LogP contribution in [0.3, 0.4) is 0 Å². The Kier molecular flexibility index (Phi) is 16.5. The number of Topliss-reactive ketones (excluding diaryl/α,β-unsaturated/α-hetero) is 1. The number of benzene rings is 2. The van der Waals surface area contributed by atoms with Crippen LogP contribution >= 0.6 is 0 Å². The maximum Gasteiger partial charge on any atom is 0.430 e. The topological polar surface area (TPSA) is 209 Å². The summed E-state index contributed by atoms with van der Waals surface area (Å²) in [5.41, 5.74) is 10.1. The van der Waals surface area contributed by atoms with Gasteiger partial charge in [-0.25, -0.2) is 9.97 Å². The van der Waals surface area contributed by atoms with Crippen LogP contribution in [0.5, 0.6) is 5.75 Å². The molecule has 18 heteroatoms. The molecule has 0 saturated heterocycles. The maximum absolute atomic E-state index is 13.4. The minimum Gasteiger partial charge on any atom is -0.542 e. The van der Waals surface area contributed by atoms with E-state index in [1.165, 1.54) is 5.56 Å². The number of fused-ring (bicyclic) bond motifs is 1. The molecule has 4 rings (SSSR count). The third kappa shape index (κ3) is 14.3. The number of aliphatic carboxylic acids is 2. The summed E-state index contributed by atoms with van der Waals surface area (Å²) in [5, 5.41) is 21.8. The predicted molar refractivity (Wildman–Crippen MR) is 174 cm³/mol. The predicted octanol–water partition coefficient (Wildman–Crippen LogP) is 2.96. The number of methoxy groups -OCH3 is 1. The Morgan fingerprint density at radius 2 is 1.58 bits per heavy atom. The highest BCUT2D eigenvalue weighted by Gasteiger charge is 2.29. The van der Waals surface area contributed by atoms with Gasteiger partial charge in [0.05, 0.1) is 20.1 Å². The van der Waals surface area contributed by atoms with E-state index in [2.05, 4.69) is 44.2 Å². The molecule has 1 amide bonds. The average Bonchev–Trinajstić information content (AvgIpc) is 3.71. The Bertz CT molecular complexity index is 1810. The number of H-pyrrole nitrogens is 3. The van der Waals surface area contributed by atoms with E-state index in [0.717, 1.165) is 77.2 Å². The molecule has 0 unspecified atom stereocenters. The fraction of sp³-hybridized carbons (Fsp3) is 0.400. The van der Waals surface area contributed by atoms with E-state index in [1.54, 1.807) is 7.11 Å². The molecular formula is C35H41F6N5O7. The van der Waals surface area contributed by atoms with Crippen LogP contribution in [0.2, 0.25) is 0 Å². The average molecular weight is 758 g/mol. The second-order valence-corrected chi connectivity index (χ2v) is 11.7. The van der Waals surface area contributed by atoms with Crippen LogP contribution in [0.1, 0.15) is 74.1 Å². The monoisotopic (exact) mass is 757 g/mol. The van der Waals surface area contributed by atoms with Crippen molar-refractivity contribution in [3.05, 3.63) is 71.3 Å². The molecule has 290 valence electrons. The molecule has 0 saturated carbocycles. The van der Waals surface area contributed by atoms with Crippen LogP contribution in [-0.2, 0) is 32.1 Å². The van der Waals surface area contributed by atoms with Gasteiger partial charge in [0.2, 0.25) is 5.91 Å². The van der Waals surface area contributed by atoms with Crippen molar-refractivity contribution in [1.82, 2.24) is 15.3 Å². The van der Waals surface area contributed by atoms with Gasteiger partial charge in [-0.15, -0.1) is 0 Å². The first kappa shape index (κ1) is 43.8. The number of amides is 1. The number of carbonyl (C=O) groups excluding carboxylic acids is 4. The highest BCUT2D eigenvalue weighted by atomic mass is 19.4. The van der Waals surface area contributed by atoms with Crippen molar-refractivity contribution in [3.63, 3.8) is 0 Å². The molecule has 7 N–H and O–H groups in total. The van der Waals surface area contributed by atoms with Gasteiger partial charge in [-0.05, 0) is 49.6 Å². The van der Waals surface area contributed by atoms with Gasteiger partial charge < -0.3 is 40.6 Å². The number of halogens is 6. The third-order valence-corrected chi connectivity index (χ3v) is 7.82. The van der Waals surface area contributed by atoms with Crippen LogP contribution in [-0.4, -0.2) is 53.1 Å². The van der Waals surface area contributed by atoms with Gasteiger partial charge >= 0.3 is 12.4 Å². The van der Waals surface area contributed by atoms with E-state index in [1.807, 2.05) is 44.3 Å². The maximum atomic E-state index is 13.4. The molecule has 2 heterocycles. The van der Waals surface area contributed by atoms with Crippen molar-refractivity contribution in [2.75, 3.05) is 7.11 Å². The lowest BCUT2D eigenvalue weighted by Gasteiger charge is -2.14. The number of ether oxygens (including phenoxy) is 1. The standard InChI is InChI=1S/C31H39N5O3.2C2HF3O2/c1-4-23(37)11-6-5-7-12-28(31-33-19-29(36-31)22-10-8-9-21(15-22)18-32)35-30(38)17-25-20(2)34-27-14-13-24(39-3)16-26(25)27;2*3-2(4,5)1(6)7/h8-10,13-16,19,28,34H,4-7,11-12,17-18,32H2,1-3H3,(H,33,36)(H,35,38);2*(H,6,7)/t28-;;/m0../s1. The molecule has 1 atom stereocenters. The summed E-state index contributed by atoms with van der Waals surface area (Å²) in [5.74, 6) is -4.13. The highest BCUT2D eigenvalue weighted by molar-refractivity contribution is 5.91. The van der Waals surface area contributed by atoms with Gasteiger partial charge in [0.1, 0.15) is 35.7 Å². The Morgan fingerprint density at radius 3 is 2.15 bits per heavy atom. The number of carboxylic acid groups (broad SMARTS) is 2. The number of rotatable bonds is 14. The van der Waals surface area contributed by atoms with Crippen molar-refractivity contribution in [3.8, 4) is 17.0 Å². The molecule has 0 radical (unpaired) electrons. The van der Waals surface area contributed by atoms with Gasteiger partial charge in [-0.3, -0.25) is 9.59 Å². The molecule has 0 bridgehead atoms. The second-order valence-electron chi connectivity index (χ2n) is 11.7. The van der Waals surface area contributed by atoms with Gasteiger partial charge in [-0.1, -0.05) is 38.0 Å². The number of unbranched alkanes of at least 4 members (excludes halogenated alkanes) is 2. The zero-order valence-corrected chi connectivity index (χ0v) is 29.2. The largest absolute Gasteiger partial charge is 0.542 e. The number of aromatic amines is 3. The molecule has 2 aromatic carbocycles. The van der Waals surface area contributed by atoms with Crippen molar-refractivity contribution < 1.29 is 71.2 Å². The molecule has 53 heavy (non-hydrogen) atoms. The number of aromatic nitrogens is 3. The number of hydrogen-bond donors (Lipinski definition) is 4. The number of nitrogens with one attached hydrogen (secondary N) is 4. The molecule has 0 spiro atoms. The number of quaternary nitrogens is 1. The molecule has 0 aliphatic carbocycles. The van der Waals surface area contributed by atoms with E-state index in [0.29, 0.717) is 18.6 Å². The van der Waals surface area contributed by atoms with Crippen LogP contribution < -0.4 is 31.0 Å². The Hall–Kier alpha value is -5.39. The molecule has 4 aromatic rings. The third-order valence-electron chi connectivity index (χ3n) is 7.82. The molecule has 12 nitrogen and oxygen atoms in total. The quantitative estimate of drug-likeness (QED) is 0.112. The number of ketones is 1. The number of imidazole rings is 1. The van der Waals surface area contributed by atoms with Crippen molar-refractivity contribution in [1.29, 1.82) is 0 Å². The highest BCUT2D eigenvalue weighted by Crippen LogP contribution is 2.28. The first-order valence-electron chi connectivity index (χ1n) is 16.3. The number of hydrogen-bond acceptors (Lipinski definition) is 7. The molecular weight excluding hydrogens is 716 g/mol. The second kappa shape index (κ2) is 20.0. The fourth-order valence-electron chi connectivity index (χ4n) is 5.04. The van der Waals surface area contributed by atoms with Crippen molar-refractivity contribution in [2.45, 2.75) is 83.7 Å². The van der Waals surface area contributed by atoms with Crippen LogP contribution in [0.15, 0.2) is 48.7 Å². The van der Waals surface area contributed by atoms with Crippen LogP contribution in [0.25, 0.3) is 22.2 Å². The normalized spacial score (nSPS) is 11.8. The Labute approximate surface area is 300 Å². The van der Waals surface area contributed by atoms with Crippen molar-refractivity contribution in [2.24, 2.45) is 0 Å². The van der Waals surface area contributed by atoms with E-state index < -0.39 is 24.3 Å². The first-order chi connectivity index (χ1) is 24.8. The summed E-state index contributed by atoms with van der Waals surface area (Å²) in [6.45, 7) is 4.63. The molecule has 0 fully saturated rings. The summed E-state index contributed by atoms with van der Waals surface area (Å²) >= 11 is 0. The summed E-state index contributed by atoms with van der Waals surface area (Å²) in [6.07, 6.45) is -3.47. The zero-order valence-electron chi connectivity index (χ0n) is 29.2. The van der Waals surface area contributed by atoms with E-state index in [4.69, 9.17) is 24.5 Å². The number of carboxylic acids is 2. The Balaban J connectivity index is 0.000000587. The summed E-state index contributed by atoms with van der Waals surface area (Å²) in [6, 6.07) is 14.0. The first-order valence-corrected chi connectivity index (χ1v) is 16.3. The lowest BCUT2D eigenvalue weighted by molar-refractivity contribution is -0.391. The minimum atomic E-state index is -5.19. The summed E-state index contributed by atoms with van der Waals surface area (Å²) in [4.78, 5) is 52.9. The number of carbonyl (C=O) groups is 4. The molecule has 0 aliphatic heterocycles. The van der Waals surface area contributed by atoms with Crippen LogP contribution in [0.4, 0.5) is 26.3 Å². The fourth-order valence-corrected chi connectivity index (χ4v) is 5.04.